The molecule has 3 N–H and O–H groups in total. The first-order valence-corrected chi connectivity index (χ1v) is 3.92. The first-order chi connectivity index (χ1) is 5.62. The molecule has 66 valence electrons. The van der Waals surface area contributed by atoms with Crippen molar-refractivity contribution in [1.29, 1.82) is 0 Å². The molecule has 0 saturated carbocycles. The Balaban J connectivity index is 2.22. The molecule has 5 nitrogen and oxygen atoms in total. The third-order valence-corrected chi connectivity index (χ3v) is 2.43. The summed E-state index contributed by atoms with van der Waals surface area (Å²) >= 11 is 0. The summed E-state index contributed by atoms with van der Waals surface area (Å²) in [6.07, 6.45) is 0.350. The lowest BCUT2D eigenvalue weighted by Gasteiger charge is -2.18. The van der Waals surface area contributed by atoms with E-state index in [0.29, 0.717) is 12.8 Å². The highest BCUT2D eigenvalue weighted by atomic mass is 16.3. The molecule has 1 spiro atoms. The highest BCUT2D eigenvalue weighted by Gasteiger charge is 2.50. The van der Waals surface area contributed by atoms with E-state index in [1.165, 1.54) is 0 Å². The Morgan fingerprint density at radius 3 is 2.67 bits per heavy atom. The summed E-state index contributed by atoms with van der Waals surface area (Å²) in [6.45, 7) is 0. The fourth-order valence-corrected chi connectivity index (χ4v) is 1.81. The molecule has 0 aromatic carbocycles. The molecule has 0 aromatic rings. The second-order valence-electron chi connectivity index (χ2n) is 3.32. The normalized spacial score (nSPS) is 40.2. The lowest BCUT2D eigenvalue weighted by atomic mass is 9.96. The number of carbonyl (C=O) groups is 2. The van der Waals surface area contributed by atoms with Crippen LogP contribution in [0, 0.1) is 0 Å². The monoisotopic (exact) mass is 170 g/mol. The van der Waals surface area contributed by atoms with E-state index in [1.807, 2.05) is 0 Å². The fourth-order valence-electron chi connectivity index (χ4n) is 1.81. The van der Waals surface area contributed by atoms with Gasteiger partial charge in [-0.2, -0.15) is 0 Å². The lowest BCUT2D eigenvalue weighted by molar-refractivity contribution is -0.127. The predicted molar refractivity (Wildman–Crippen MR) is 38.9 cm³/mol. The molecular formula is C7H10N2O3. The zero-order valence-corrected chi connectivity index (χ0v) is 6.46. The van der Waals surface area contributed by atoms with Gasteiger partial charge in [0, 0.05) is 12.8 Å². The average molecular weight is 170 g/mol. The maximum atomic E-state index is 11.3. The van der Waals surface area contributed by atoms with Gasteiger partial charge in [0.2, 0.25) is 11.8 Å². The van der Waals surface area contributed by atoms with Gasteiger partial charge in [-0.15, -0.1) is 0 Å². The van der Waals surface area contributed by atoms with Crippen molar-refractivity contribution in [2.45, 2.75) is 31.0 Å². The third kappa shape index (κ3) is 0.896. The molecule has 0 bridgehead atoms. The quantitative estimate of drug-likeness (QED) is 0.413. The van der Waals surface area contributed by atoms with Gasteiger partial charge in [0.1, 0.15) is 11.8 Å². The maximum Gasteiger partial charge on any atom is 0.247 e. The second-order valence-corrected chi connectivity index (χ2v) is 3.32. The Kier molecular flexibility index (Phi) is 1.38. The standard InChI is InChI=1S/C7H10N2O3/c10-4-1-2-7(9-4)3-5(11)8-6(7)12/h5,11H,1-3H2,(H,8,12)(H,9,10)/t5-,7-/m1/s1. The predicted octanol–water partition coefficient (Wildman–Crippen LogP) is -1.53. The highest BCUT2D eigenvalue weighted by molar-refractivity contribution is 5.96. The summed E-state index contributed by atoms with van der Waals surface area (Å²) in [4.78, 5) is 22.2. The van der Waals surface area contributed by atoms with Crippen LogP contribution in [-0.2, 0) is 9.59 Å². The minimum atomic E-state index is -0.809. The van der Waals surface area contributed by atoms with Crippen molar-refractivity contribution >= 4 is 11.8 Å². The van der Waals surface area contributed by atoms with Crippen LogP contribution in [0.5, 0.6) is 0 Å². The topological polar surface area (TPSA) is 78.4 Å². The fraction of sp³-hybridized carbons (Fsp3) is 0.714. The van der Waals surface area contributed by atoms with Gasteiger partial charge in [-0.1, -0.05) is 0 Å². The number of hydrogen-bond donors (Lipinski definition) is 3. The molecular weight excluding hydrogens is 160 g/mol. The van der Waals surface area contributed by atoms with Crippen LogP contribution in [0.3, 0.4) is 0 Å². The summed E-state index contributed by atoms with van der Waals surface area (Å²) in [5.74, 6) is -0.375. The SMILES string of the molecule is O=C1CC[C@]2(C[C@@H](O)NC2=O)N1. The van der Waals surface area contributed by atoms with Crippen molar-refractivity contribution in [1.82, 2.24) is 10.6 Å². The van der Waals surface area contributed by atoms with Crippen molar-refractivity contribution in [2.75, 3.05) is 0 Å². The Bertz CT molecular complexity index is 253. The third-order valence-electron chi connectivity index (χ3n) is 2.43. The Labute approximate surface area is 69.1 Å². The van der Waals surface area contributed by atoms with Gasteiger partial charge in [0.15, 0.2) is 0 Å². The summed E-state index contributed by atoms with van der Waals surface area (Å²) in [7, 11) is 0. The molecule has 2 heterocycles. The number of aliphatic hydroxyl groups excluding tert-OH is 1. The summed E-state index contributed by atoms with van der Waals surface area (Å²) in [5.41, 5.74) is -0.809. The van der Waals surface area contributed by atoms with E-state index >= 15 is 0 Å². The zero-order chi connectivity index (χ0) is 8.77. The lowest BCUT2D eigenvalue weighted by Crippen LogP contribution is -2.47. The zero-order valence-electron chi connectivity index (χ0n) is 6.46. The number of carbonyl (C=O) groups excluding carboxylic acids is 2. The van der Waals surface area contributed by atoms with Crippen LogP contribution in [-0.4, -0.2) is 28.7 Å². The second kappa shape index (κ2) is 2.20. The van der Waals surface area contributed by atoms with Crippen LogP contribution in [0.4, 0.5) is 0 Å². The van der Waals surface area contributed by atoms with E-state index in [9.17, 15) is 9.59 Å². The number of hydrogen-bond acceptors (Lipinski definition) is 3. The largest absolute Gasteiger partial charge is 0.374 e. The number of rotatable bonds is 0. The van der Waals surface area contributed by atoms with E-state index in [1.54, 1.807) is 0 Å². The average Bonchev–Trinajstić information content (AvgIpc) is 2.43. The molecule has 0 aromatic heterocycles. The molecule has 2 amide bonds. The minimum Gasteiger partial charge on any atom is -0.374 e. The molecule has 12 heavy (non-hydrogen) atoms. The highest BCUT2D eigenvalue weighted by Crippen LogP contribution is 2.29. The van der Waals surface area contributed by atoms with E-state index in [-0.39, 0.29) is 18.2 Å². The van der Waals surface area contributed by atoms with Crippen LogP contribution in [0.25, 0.3) is 0 Å². The number of amides is 2. The van der Waals surface area contributed by atoms with Crippen molar-refractivity contribution in [3.05, 3.63) is 0 Å². The molecule has 2 fully saturated rings. The molecule has 0 radical (unpaired) electrons. The van der Waals surface area contributed by atoms with Crippen molar-refractivity contribution in [3.63, 3.8) is 0 Å². The first kappa shape index (κ1) is 7.54. The molecule has 2 rings (SSSR count). The van der Waals surface area contributed by atoms with E-state index in [0.717, 1.165) is 0 Å². The van der Waals surface area contributed by atoms with Crippen LogP contribution >= 0.6 is 0 Å². The molecule has 0 unspecified atom stereocenters. The van der Waals surface area contributed by atoms with Gasteiger partial charge in [-0.25, -0.2) is 0 Å². The maximum absolute atomic E-state index is 11.3. The molecule has 2 aliphatic heterocycles. The number of aliphatic hydroxyl groups is 1. The minimum absolute atomic E-state index is 0.112. The van der Waals surface area contributed by atoms with Crippen LogP contribution in [0.15, 0.2) is 0 Å². The molecule has 0 aliphatic carbocycles. The van der Waals surface area contributed by atoms with Gasteiger partial charge in [0.05, 0.1) is 0 Å². The van der Waals surface area contributed by atoms with Gasteiger partial charge >= 0.3 is 0 Å². The van der Waals surface area contributed by atoms with Crippen LogP contribution < -0.4 is 10.6 Å². The van der Waals surface area contributed by atoms with Crippen molar-refractivity contribution in [3.8, 4) is 0 Å². The van der Waals surface area contributed by atoms with Crippen LogP contribution in [0.1, 0.15) is 19.3 Å². The van der Waals surface area contributed by atoms with E-state index in [4.69, 9.17) is 5.11 Å². The molecule has 2 saturated heterocycles. The molecule has 2 atom stereocenters. The van der Waals surface area contributed by atoms with Gasteiger partial charge in [-0.3, -0.25) is 9.59 Å². The van der Waals surface area contributed by atoms with E-state index < -0.39 is 11.8 Å². The first-order valence-electron chi connectivity index (χ1n) is 3.92. The Morgan fingerprint density at radius 2 is 2.25 bits per heavy atom. The van der Waals surface area contributed by atoms with Crippen molar-refractivity contribution in [2.24, 2.45) is 0 Å². The molecule has 5 heteroatoms. The smallest absolute Gasteiger partial charge is 0.247 e. The summed E-state index contributed by atoms with van der Waals surface area (Å²) in [6, 6.07) is 0. The Hall–Kier alpha value is -1.10. The summed E-state index contributed by atoms with van der Waals surface area (Å²) < 4.78 is 0. The van der Waals surface area contributed by atoms with Crippen LogP contribution in [0.2, 0.25) is 0 Å². The Morgan fingerprint density at radius 1 is 1.50 bits per heavy atom. The number of nitrogens with one attached hydrogen (secondary N) is 2. The van der Waals surface area contributed by atoms with Gasteiger partial charge in [-0.05, 0) is 6.42 Å². The van der Waals surface area contributed by atoms with Crippen molar-refractivity contribution < 1.29 is 14.7 Å². The van der Waals surface area contributed by atoms with Gasteiger partial charge < -0.3 is 15.7 Å². The van der Waals surface area contributed by atoms with Gasteiger partial charge in [0.25, 0.3) is 0 Å². The summed E-state index contributed by atoms with van der Waals surface area (Å²) in [5, 5.41) is 14.1. The van der Waals surface area contributed by atoms with E-state index in [2.05, 4.69) is 10.6 Å². The molecule has 2 aliphatic rings.